The standard InChI is InChI=1S/C13H23O4.K/c1-6-7-9-11-10(16-13(3,4)17-11)8(2)12(14-5)15-9;/h8-12H,2,6-7H2,1,3-5H3;/q-1;+1. The average Bonchev–Trinajstić information content (AvgIpc) is 2.59. The van der Waals surface area contributed by atoms with Gasteiger partial charge in [-0.1, -0.05) is 19.3 Å². The molecule has 0 spiro atoms. The number of ether oxygens (including phenoxy) is 4. The van der Waals surface area contributed by atoms with Crippen molar-refractivity contribution in [3.63, 3.8) is 0 Å². The number of hydrogen-bond acceptors (Lipinski definition) is 4. The Hall–Kier alpha value is 1.48. The van der Waals surface area contributed by atoms with E-state index in [1.54, 1.807) is 7.11 Å². The SMILES string of the molecule is [CH2-]C1C(OC)OC(CCC)C2OC(C)(C)OC12.[K+]. The molecule has 0 aromatic rings. The Morgan fingerprint density at radius 3 is 2.39 bits per heavy atom. The van der Waals surface area contributed by atoms with Crippen molar-refractivity contribution in [3.8, 4) is 0 Å². The zero-order valence-electron chi connectivity index (χ0n) is 12.1. The van der Waals surface area contributed by atoms with E-state index in [9.17, 15) is 0 Å². The van der Waals surface area contributed by atoms with Crippen molar-refractivity contribution in [1.29, 1.82) is 0 Å². The molecular formula is C13H23KO4. The van der Waals surface area contributed by atoms with Crippen molar-refractivity contribution in [2.75, 3.05) is 7.11 Å². The fourth-order valence-corrected chi connectivity index (χ4v) is 2.69. The van der Waals surface area contributed by atoms with Crippen LogP contribution in [0.5, 0.6) is 0 Å². The summed E-state index contributed by atoms with van der Waals surface area (Å²) in [6.45, 7) is 10.1. The molecule has 5 atom stereocenters. The van der Waals surface area contributed by atoms with Crippen molar-refractivity contribution in [2.45, 2.75) is 64.0 Å². The Kier molecular flexibility index (Phi) is 6.78. The molecule has 0 aromatic heterocycles. The van der Waals surface area contributed by atoms with Gasteiger partial charge in [0.1, 0.15) is 12.4 Å². The minimum atomic E-state index is -0.552. The van der Waals surface area contributed by atoms with Crippen LogP contribution in [0.15, 0.2) is 0 Å². The third-order valence-electron chi connectivity index (χ3n) is 3.42. The molecule has 2 heterocycles. The van der Waals surface area contributed by atoms with E-state index >= 15 is 0 Å². The van der Waals surface area contributed by atoms with Crippen LogP contribution in [-0.4, -0.2) is 37.5 Å². The van der Waals surface area contributed by atoms with Crippen molar-refractivity contribution < 1.29 is 70.3 Å². The molecule has 18 heavy (non-hydrogen) atoms. The second kappa shape index (κ2) is 6.96. The molecule has 0 radical (unpaired) electrons. The van der Waals surface area contributed by atoms with E-state index in [4.69, 9.17) is 18.9 Å². The van der Waals surface area contributed by atoms with Gasteiger partial charge >= 0.3 is 51.4 Å². The van der Waals surface area contributed by atoms with Gasteiger partial charge in [0, 0.05) is 7.11 Å². The van der Waals surface area contributed by atoms with Gasteiger partial charge in [0.15, 0.2) is 5.79 Å². The summed E-state index contributed by atoms with van der Waals surface area (Å²) in [6, 6.07) is 0. The van der Waals surface area contributed by atoms with Crippen molar-refractivity contribution in [2.24, 2.45) is 5.92 Å². The van der Waals surface area contributed by atoms with Gasteiger partial charge in [-0.2, -0.15) is 0 Å². The third-order valence-corrected chi connectivity index (χ3v) is 3.42. The van der Waals surface area contributed by atoms with Crippen LogP contribution >= 0.6 is 0 Å². The molecule has 2 aliphatic heterocycles. The third kappa shape index (κ3) is 3.57. The van der Waals surface area contributed by atoms with Gasteiger partial charge in [-0.3, -0.25) is 0 Å². The van der Waals surface area contributed by atoms with Crippen LogP contribution in [0.25, 0.3) is 0 Å². The molecule has 100 valence electrons. The molecule has 0 bridgehead atoms. The number of methoxy groups -OCH3 is 1. The summed E-state index contributed by atoms with van der Waals surface area (Å²) >= 11 is 0. The molecule has 2 rings (SSSR count). The smallest absolute Gasteiger partial charge is 0.358 e. The molecule has 2 fully saturated rings. The van der Waals surface area contributed by atoms with Crippen LogP contribution in [0.2, 0.25) is 0 Å². The van der Waals surface area contributed by atoms with Crippen LogP contribution in [0.1, 0.15) is 33.6 Å². The summed E-state index contributed by atoms with van der Waals surface area (Å²) in [4.78, 5) is 0. The molecule has 0 amide bonds. The number of hydrogen-bond donors (Lipinski definition) is 0. The largest absolute Gasteiger partial charge is 1.00 e. The van der Waals surface area contributed by atoms with Gasteiger partial charge < -0.3 is 25.9 Å². The first-order chi connectivity index (χ1) is 7.98. The first-order valence-electron chi connectivity index (χ1n) is 6.35. The fraction of sp³-hybridized carbons (Fsp3) is 0.923. The fourth-order valence-electron chi connectivity index (χ4n) is 2.69. The summed E-state index contributed by atoms with van der Waals surface area (Å²) in [7, 11) is 1.65. The molecule has 0 saturated carbocycles. The van der Waals surface area contributed by atoms with Gasteiger partial charge in [-0.05, 0) is 20.3 Å². The van der Waals surface area contributed by atoms with Crippen LogP contribution in [-0.2, 0) is 18.9 Å². The Balaban J connectivity index is 0.00000162. The van der Waals surface area contributed by atoms with E-state index < -0.39 is 5.79 Å². The maximum absolute atomic E-state index is 5.94. The number of fused-ring (bicyclic) bond motifs is 1. The second-order valence-electron chi connectivity index (χ2n) is 5.30. The predicted octanol–water partition coefficient (Wildman–Crippen LogP) is -0.868. The minimum Gasteiger partial charge on any atom is -0.358 e. The summed E-state index contributed by atoms with van der Waals surface area (Å²) in [6.07, 6.45) is 1.67. The topological polar surface area (TPSA) is 36.9 Å². The average molecular weight is 282 g/mol. The van der Waals surface area contributed by atoms with E-state index in [0.29, 0.717) is 0 Å². The summed E-state index contributed by atoms with van der Waals surface area (Å²) in [5.41, 5.74) is 0. The zero-order valence-corrected chi connectivity index (χ0v) is 15.3. The van der Waals surface area contributed by atoms with Crippen molar-refractivity contribution in [3.05, 3.63) is 6.92 Å². The quantitative estimate of drug-likeness (QED) is 0.498. The molecular weight excluding hydrogens is 259 g/mol. The molecule has 4 nitrogen and oxygen atoms in total. The summed E-state index contributed by atoms with van der Waals surface area (Å²) in [5.74, 6) is -0.608. The molecule has 0 N–H and O–H groups in total. The van der Waals surface area contributed by atoms with E-state index in [2.05, 4.69) is 13.8 Å². The predicted molar refractivity (Wildman–Crippen MR) is 63.3 cm³/mol. The minimum absolute atomic E-state index is 0. The maximum atomic E-state index is 5.94. The van der Waals surface area contributed by atoms with Crippen LogP contribution in [0, 0.1) is 12.8 Å². The van der Waals surface area contributed by atoms with Gasteiger partial charge in [-0.15, -0.1) is 0 Å². The molecule has 0 aliphatic carbocycles. The second-order valence-corrected chi connectivity index (χ2v) is 5.30. The molecule has 0 aromatic carbocycles. The van der Waals surface area contributed by atoms with Crippen LogP contribution in [0.3, 0.4) is 0 Å². The maximum Gasteiger partial charge on any atom is 1.00 e. The van der Waals surface area contributed by atoms with Gasteiger partial charge in [-0.25, -0.2) is 0 Å². The zero-order chi connectivity index (χ0) is 12.6. The Morgan fingerprint density at radius 2 is 1.83 bits per heavy atom. The molecule has 2 saturated heterocycles. The Morgan fingerprint density at radius 1 is 1.22 bits per heavy atom. The van der Waals surface area contributed by atoms with E-state index in [-0.39, 0.29) is 81.9 Å². The van der Waals surface area contributed by atoms with Gasteiger partial charge in [0.25, 0.3) is 0 Å². The summed E-state index contributed by atoms with van der Waals surface area (Å²) in [5, 5.41) is 0. The van der Waals surface area contributed by atoms with Gasteiger partial charge in [0.2, 0.25) is 0 Å². The molecule has 5 heteroatoms. The van der Waals surface area contributed by atoms with E-state index in [1.807, 2.05) is 13.8 Å². The molecule has 2 aliphatic rings. The number of rotatable bonds is 3. The Bertz CT molecular complexity index is 264. The first kappa shape index (κ1) is 17.5. The van der Waals surface area contributed by atoms with Crippen LogP contribution < -0.4 is 51.4 Å². The van der Waals surface area contributed by atoms with Crippen LogP contribution in [0.4, 0.5) is 0 Å². The van der Waals surface area contributed by atoms with E-state index in [0.717, 1.165) is 12.8 Å². The summed E-state index contributed by atoms with van der Waals surface area (Å²) < 4.78 is 23.1. The normalized spacial score (nSPS) is 42.2. The first-order valence-corrected chi connectivity index (χ1v) is 6.35. The van der Waals surface area contributed by atoms with E-state index in [1.165, 1.54) is 0 Å². The van der Waals surface area contributed by atoms with Crippen molar-refractivity contribution in [1.82, 2.24) is 0 Å². The monoisotopic (exact) mass is 282 g/mol. The van der Waals surface area contributed by atoms with Crippen molar-refractivity contribution >= 4 is 0 Å². The molecule has 5 unspecified atom stereocenters. The van der Waals surface area contributed by atoms with Gasteiger partial charge in [0.05, 0.1) is 12.2 Å². The Labute approximate surface area is 152 Å².